The van der Waals surface area contributed by atoms with Gasteiger partial charge >= 0.3 is 6.03 Å². The van der Waals surface area contributed by atoms with Crippen LogP contribution in [0.2, 0.25) is 0 Å². The lowest BCUT2D eigenvalue weighted by molar-refractivity contribution is -0.123. The number of ether oxygens (including phenoxy) is 2. The van der Waals surface area contributed by atoms with Gasteiger partial charge in [0.15, 0.2) is 6.61 Å². The van der Waals surface area contributed by atoms with Gasteiger partial charge in [-0.15, -0.1) is 0 Å². The molecule has 1 heterocycles. The molecular formula is C21H24BrN3O4. The van der Waals surface area contributed by atoms with Crippen molar-refractivity contribution in [2.75, 3.05) is 19.7 Å². The predicted octanol–water partition coefficient (Wildman–Crippen LogP) is 3.25. The third-order valence-corrected chi connectivity index (χ3v) is 5.08. The Morgan fingerprint density at radius 3 is 2.38 bits per heavy atom. The molecule has 3 rings (SSSR count). The molecule has 29 heavy (non-hydrogen) atoms. The lowest BCUT2D eigenvalue weighted by Crippen LogP contribution is -2.52. The molecule has 154 valence electrons. The van der Waals surface area contributed by atoms with E-state index in [4.69, 9.17) is 9.47 Å². The summed E-state index contributed by atoms with van der Waals surface area (Å²) in [5.41, 5.74) is 5.94. The van der Waals surface area contributed by atoms with E-state index in [1.54, 1.807) is 17.0 Å². The predicted molar refractivity (Wildman–Crippen MR) is 112 cm³/mol. The zero-order valence-electron chi connectivity index (χ0n) is 16.0. The number of urea groups is 1. The van der Waals surface area contributed by atoms with Crippen LogP contribution in [0.25, 0.3) is 0 Å². The Kier molecular flexibility index (Phi) is 7.89. The zero-order valence-corrected chi connectivity index (χ0v) is 17.6. The minimum atomic E-state index is -0.428. The lowest BCUT2D eigenvalue weighted by Gasteiger charge is -2.31. The summed E-state index contributed by atoms with van der Waals surface area (Å²) in [6.07, 6.45) is 1.66. The maximum absolute atomic E-state index is 12.2. The molecule has 2 aromatic rings. The number of rotatable bonds is 6. The lowest BCUT2D eigenvalue weighted by atomic mass is 10.1. The summed E-state index contributed by atoms with van der Waals surface area (Å²) >= 11 is 3.33. The van der Waals surface area contributed by atoms with Crippen molar-refractivity contribution in [2.45, 2.75) is 25.6 Å². The molecule has 1 aliphatic heterocycles. The molecule has 2 N–H and O–H groups in total. The van der Waals surface area contributed by atoms with Crippen LogP contribution in [0.15, 0.2) is 59.1 Å². The number of hydrogen-bond acceptors (Lipinski definition) is 4. The van der Waals surface area contributed by atoms with E-state index < -0.39 is 5.91 Å². The van der Waals surface area contributed by atoms with Gasteiger partial charge < -0.3 is 14.4 Å². The van der Waals surface area contributed by atoms with E-state index >= 15 is 0 Å². The molecule has 0 saturated carbocycles. The Bertz CT molecular complexity index is 793. The van der Waals surface area contributed by atoms with E-state index in [2.05, 4.69) is 26.8 Å². The molecule has 8 heteroatoms. The Labute approximate surface area is 178 Å². The number of amides is 3. The Hall–Kier alpha value is -2.58. The Morgan fingerprint density at radius 2 is 1.69 bits per heavy atom. The molecule has 0 unspecified atom stereocenters. The molecule has 3 amide bonds. The Morgan fingerprint density at radius 1 is 1.00 bits per heavy atom. The van der Waals surface area contributed by atoms with Crippen molar-refractivity contribution in [3.8, 4) is 5.75 Å². The van der Waals surface area contributed by atoms with Crippen molar-refractivity contribution in [3.05, 3.63) is 64.6 Å². The topological polar surface area (TPSA) is 79.9 Å². The number of carbonyl (C=O) groups is 2. The number of carbonyl (C=O) groups excluding carboxylic acids is 2. The smallest absolute Gasteiger partial charge is 0.336 e. The fraction of sp³-hybridized carbons (Fsp3) is 0.333. The maximum Gasteiger partial charge on any atom is 0.336 e. The first-order chi connectivity index (χ1) is 14.1. The average Bonchev–Trinajstić information content (AvgIpc) is 2.76. The van der Waals surface area contributed by atoms with Crippen molar-refractivity contribution in [3.63, 3.8) is 0 Å². The summed E-state index contributed by atoms with van der Waals surface area (Å²) in [5, 5.41) is 0. The standard InChI is InChI=1S/C21H24BrN3O4/c22-17-6-8-18(9-7-17)29-15-20(26)23-24-21(27)25-12-10-19(11-13-25)28-14-16-4-2-1-3-5-16/h1-9,19H,10-15H2,(H,23,26)(H,24,27). The van der Waals surface area contributed by atoms with Crippen LogP contribution in [0.1, 0.15) is 18.4 Å². The summed E-state index contributed by atoms with van der Waals surface area (Å²) in [5.74, 6) is 0.148. The molecule has 1 aliphatic rings. The van der Waals surface area contributed by atoms with Crippen molar-refractivity contribution in [1.29, 1.82) is 0 Å². The van der Waals surface area contributed by atoms with Crippen LogP contribution >= 0.6 is 15.9 Å². The quantitative estimate of drug-likeness (QED) is 0.647. The monoisotopic (exact) mass is 461 g/mol. The first kappa shape index (κ1) is 21.1. The molecule has 0 atom stereocenters. The highest BCUT2D eigenvalue weighted by atomic mass is 79.9. The van der Waals surface area contributed by atoms with Gasteiger partial charge in [0, 0.05) is 17.6 Å². The number of nitrogens with zero attached hydrogens (tertiary/aromatic N) is 1. The summed E-state index contributed by atoms with van der Waals surface area (Å²) in [6, 6.07) is 16.8. The van der Waals surface area contributed by atoms with Crippen LogP contribution in [-0.2, 0) is 16.1 Å². The number of hydrazine groups is 1. The van der Waals surface area contributed by atoms with E-state index in [9.17, 15) is 9.59 Å². The van der Waals surface area contributed by atoms with Crippen LogP contribution in [0.3, 0.4) is 0 Å². The fourth-order valence-electron chi connectivity index (χ4n) is 2.93. The Balaban J connectivity index is 1.31. The molecule has 2 aromatic carbocycles. The molecule has 0 spiro atoms. The van der Waals surface area contributed by atoms with E-state index in [-0.39, 0.29) is 18.7 Å². The second-order valence-corrected chi connectivity index (χ2v) is 7.62. The highest BCUT2D eigenvalue weighted by Crippen LogP contribution is 2.16. The third kappa shape index (κ3) is 7.07. The SMILES string of the molecule is O=C(COc1ccc(Br)cc1)NNC(=O)N1CCC(OCc2ccccc2)CC1. The van der Waals surface area contributed by atoms with Gasteiger partial charge in [-0.1, -0.05) is 46.3 Å². The van der Waals surface area contributed by atoms with Gasteiger partial charge in [-0.3, -0.25) is 10.2 Å². The van der Waals surface area contributed by atoms with Gasteiger partial charge in [0.25, 0.3) is 5.91 Å². The van der Waals surface area contributed by atoms with Crippen LogP contribution in [0.4, 0.5) is 4.79 Å². The van der Waals surface area contributed by atoms with Crippen molar-refractivity contribution < 1.29 is 19.1 Å². The number of nitrogens with one attached hydrogen (secondary N) is 2. The second kappa shape index (κ2) is 10.8. The van der Waals surface area contributed by atoms with Crippen molar-refractivity contribution >= 4 is 27.9 Å². The van der Waals surface area contributed by atoms with Crippen LogP contribution in [0, 0.1) is 0 Å². The van der Waals surface area contributed by atoms with Crippen LogP contribution in [0.5, 0.6) is 5.75 Å². The van der Waals surface area contributed by atoms with Gasteiger partial charge in [0.05, 0.1) is 12.7 Å². The minimum absolute atomic E-state index is 0.133. The molecule has 1 saturated heterocycles. The summed E-state index contributed by atoms with van der Waals surface area (Å²) in [7, 11) is 0. The molecule has 7 nitrogen and oxygen atoms in total. The summed E-state index contributed by atoms with van der Waals surface area (Å²) < 4.78 is 12.2. The highest BCUT2D eigenvalue weighted by molar-refractivity contribution is 9.10. The number of halogens is 1. The van der Waals surface area contributed by atoms with E-state index in [1.165, 1.54) is 0 Å². The number of hydrogen-bond donors (Lipinski definition) is 2. The molecule has 1 fully saturated rings. The van der Waals surface area contributed by atoms with Gasteiger partial charge in [-0.05, 0) is 42.7 Å². The number of piperidine rings is 1. The van der Waals surface area contributed by atoms with Gasteiger partial charge in [0.1, 0.15) is 5.75 Å². The number of benzene rings is 2. The van der Waals surface area contributed by atoms with Gasteiger partial charge in [-0.2, -0.15) is 0 Å². The average molecular weight is 462 g/mol. The second-order valence-electron chi connectivity index (χ2n) is 6.70. The summed E-state index contributed by atoms with van der Waals surface area (Å²) in [4.78, 5) is 25.7. The normalized spacial score (nSPS) is 14.3. The van der Waals surface area contributed by atoms with Gasteiger partial charge in [0.2, 0.25) is 0 Å². The minimum Gasteiger partial charge on any atom is -0.484 e. The van der Waals surface area contributed by atoms with Crippen molar-refractivity contribution in [1.82, 2.24) is 15.8 Å². The van der Waals surface area contributed by atoms with Gasteiger partial charge in [-0.25, -0.2) is 10.2 Å². The maximum atomic E-state index is 12.2. The van der Waals surface area contributed by atoms with E-state index in [1.807, 2.05) is 42.5 Å². The van der Waals surface area contributed by atoms with E-state index in [0.29, 0.717) is 25.4 Å². The zero-order chi connectivity index (χ0) is 20.5. The summed E-state index contributed by atoms with van der Waals surface area (Å²) in [6.45, 7) is 1.55. The first-order valence-electron chi connectivity index (χ1n) is 9.48. The van der Waals surface area contributed by atoms with E-state index in [0.717, 1.165) is 22.9 Å². The molecular weight excluding hydrogens is 438 g/mol. The van der Waals surface area contributed by atoms with Crippen molar-refractivity contribution in [2.24, 2.45) is 0 Å². The van der Waals surface area contributed by atoms with Crippen LogP contribution < -0.4 is 15.6 Å². The van der Waals surface area contributed by atoms with Crippen LogP contribution in [-0.4, -0.2) is 42.6 Å². The molecule has 0 aliphatic carbocycles. The fourth-order valence-corrected chi connectivity index (χ4v) is 3.20. The number of likely N-dealkylation sites (tertiary alicyclic amines) is 1. The molecule has 0 radical (unpaired) electrons. The highest BCUT2D eigenvalue weighted by Gasteiger charge is 2.23. The molecule has 0 bridgehead atoms. The largest absolute Gasteiger partial charge is 0.484 e. The third-order valence-electron chi connectivity index (χ3n) is 4.55. The first-order valence-corrected chi connectivity index (χ1v) is 10.3. The molecule has 0 aromatic heterocycles.